The summed E-state index contributed by atoms with van der Waals surface area (Å²) in [7, 11) is 0. The van der Waals surface area contributed by atoms with Crippen LogP contribution in [0.4, 0.5) is 0 Å². The molecule has 0 heterocycles. The first-order valence-corrected chi connectivity index (χ1v) is 4.72. The third-order valence-corrected chi connectivity index (χ3v) is 2.40. The Morgan fingerprint density at radius 2 is 2.25 bits per heavy atom. The molecule has 1 aromatic rings. The van der Waals surface area contributed by atoms with Gasteiger partial charge in [0.25, 0.3) is 0 Å². The molecule has 3 nitrogen and oxygen atoms in total. The Morgan fingerprint density at radius 1 is 1.58 bits per heavy atom. The molecule has 0 unspecified atom stereocenters. The quantitative estimate of drug-likeness (QED) is 0.787. The van der Waals surface area contributed by atoms with E-state index >= 15 is 0 Å². The van der Waals surface area contributed by atoms with Crippen LogP contribution in [0.2, 0.25) is 0 Å². The molecule has 0 radical (unpaired) electrons. The zero-order valence-corrected chi connectivity index (χ0v) is 8.35. The summed E-state index contributed by atoms with van der Waals surface area (Å²) in [5.41, 5.74) is 0.219. The van der Waals surface area contributed by atoms with Gasteiger partial charge < -0.3 is 5.11 Å². The minimum absolute atomic E-state index is 0.219. The number of hydrogen-bond acceptors (Lipinski definition) is 3. The molecule has 0 aliphatic carbocycles. The molecule has 0 spiro atoms. The first-order valence-electron chi connectivity index (χ1n) is 3.04. The summed E-state index contributed by atoms with van der Waals surface area (Å²) in [4.78, 5) is 11.2. The van der Waals surface area contributed by atoms with Crippen molar-refractivity contribution < 1.29 is 9.90 Å². The highest BCUT2D eigenvalue weighted by atomic mass is 79.9. The molecule has 0 amide bonds. The highest BCUT2D eigenvalue weighted by Crippen LogP contribution is 2.22. The molecule has 5 heteroatoms. The summed E-state index contributed by atoms with van der Waals surface area (Å²) in [6.45, 7) is 0. The Morgan fingerprint density at radius 3 is 2.75 bits per heavy atom. The van der Waals surface area contributed by atoms with Crippen LogP contribution in [0.15, 0.2) is 27.6 Å². The van der Waals surface area contributed by atoms with Crippen LogP contribution in [-0.2, 0) is 0 Å². The SMILES string of the molecule is NSc1ccc(Br)cc1C(=O)O. The topological polar surface area (TPSA) is 63.3 Å². The number of hydrogen-bond donors (Lipinski definition) is 2. The molecule has 0 aliphatic heterocycles. The van der Waals surface area contributed by atoms with Crippen molar-refractivity contribution in [2.45, 2.75) is 4.90 Å². The molecule has 3 N–H and O–H groups in total. The maximum atomic E-state index is 10.6. The smallest absolute Gasteiger partial charge is 0.336 e. The van der Waals surface area contributed by atoms with Gasteiger partial charge in [-0.05, 0) is 30.1 Å². The number of carbonyl (C=O) groups is 1. The molecular weight excluding hydrogens is 242 g/mol. The zero-order valence-electron chi connectivity index (χ0n) is 5.95. The molecule has 1 rings (SSSR count). The van der Waals surface area contributed by atoms with Crippen LogP contribution in [-0.4, -0.2) is 11.1 Å². The van der Waals surface area contributed by atoms with Crippen LogP contribution in [0, 0.1) is 0 Å². The predicted octanol–water partition coefficient (Wildman–Crippen LogP) is 2.11. The van der Waals surface area contributed by atoms with Crippen LogP contribution in [0.25, 0.3) is 0 Å². The van der Waals surface area contributed by atoms with Crippen molar-refractivity contribution in [3.8, 4) is 0 Å². The van der Waals surface area contributed by atoms with Gasteiger partial charge in [-0.2, -0.15) is 0 Å². The van der Waals surface area contributed by atoms with Gasteiger partial charge in [-0.1, -0.05) is 15.9 Å². The highest BCUT2D eigenvalue weighted by Gasteiger charge is 2.09. The Kier molecular flexibility index (Phi) is 3.13. The number of halogens is 1. The summed E-state index contributed by atoms with van der Waals surface area (Å²) >= 11 is 4.11. The van der Waals surface area contributed by atoms with Crippen molar-refractivity contribution in [3.63, 3.8) is 0 Å². The summed E-state index contributed by atoms with van der Waals surface area (Å²) in [5.74, 6) is -0.968. The molecule has 0 saturated heterocycles. The minimum Gasteiger partial charge on any atom is -0.478 e. The average molecular weight is 248 g/mol. The molecule has 0 aliphatic rings. The maximum absolute atomic E-state index is 10.6. The summed E-state index contributed by atoms with van der Waals surface area (Å²) in [6.07, 6.45) is 0. The third-order valence-electron chi connectivity index (χ3n) is 1.30. The fourth-order valence-corrected chi connectivity index (χ4v) is 1.55. The van der Waals surface area contributed by atoms with Gasteiger partial charge in [0, 0.05) is 9.37 Å². The van der Waals surface area contributed by atoms with Crippen LogP contribution < -0.4 is 5.14 Å². The van der Waals surface area contributed by atoms with Crippen molar-refractivity contribution in [2.24, 2.45) is 5.14 Å². The molecular formula is C7H6BrNO2S. The third kappa shape index (κ3) is 2.00. The molecule has 0 fully saturated rings. The Bertz CT molecular complexity index is 316. The number of carboxylic acid groups (broad SMARTS) is 1. The lowest BCUT2D eigenvalue weighted by Crippen LogP contribution is -1.99. The number of carboxylic acids is 1. The van der Waals surface area contributed by atoms with Crippen molar-refractivity contribution in [1.29, 1.82) is 0 Å². The number of aromatic carboxylic acids is 1. The number of rotatable bonds is 2. The monoisotopic (exact) mass is 247 g/mol. The van der Waals surface area contributed by atoms with Crippen molar-refractivity contribution >= 4 is 33.8 Å². The lowest BCUT2D eigenvalue weighted by atomic mass is 10.2. The lowest BCUT2D eigenvalue weighted by molar-refractivity contribution is 0.0693. The number of benzene rings is 1. The van der Waals surface area contributed by atoms with E-state index in [1.165, 1.54) is 6.07 Å². The Hall–Kier alpha value is -0.520. The van der Waals surface area contributed by atoms with Gasteiger partial charge in [-0.25, -0.2) is 4.79 Å². The lowest BCUT2D eigenvalue weighted by Gasteiger charge is -2.01. The van der Waals surface area contributed by atoms with E-state index in [9.17, 15) is 4.79 Å². The summed E-state index contributed by atoms with van der Waals surface area (Å²) in [6, 6.07) is 4.94. The van der Waals surface area contributed by atoms with E-state index < -0.39 is 5.97 Å². The van der Waals surface area contributed by atoms with E-state index in [4.69, 9.17) is 10.2 Å². The minimum atomic E-state index is -0.968. The molecule has 0 bridgehead atoms. The van der Waals surface area contributed by atoms with Gasteiger partial charge in [0.2, 0.25) is 0 Å². The second kappa shape index (κ2) is 3.93. The molecule has 64 valence electrons. The second-order valence-corrected chi connectivity index (χ2v) is 3.65. The average Bonchev–Trinajstić information content (AvgIpc) is 2.04. The van der Waals surface area contributed by atoms with Crippen molar-refractivity contribution in [2.75, 3.05) is 0 Å². The molecule has 1 aromatic carbocycles. The van der Waals surface area contributed by atoms with Crippen molar-refractivity contribution in [1.82, 2.24) is 0 Å². The predicted molar refractivity (Wildman–Crippen MR) is 51.1 cm³/mol. The fourth-order valence-electron chi connectivity index (χ4n) is 0.772. The van der Waals surface area contributed by atoms with E-state index in [0.29, 0.717) is 4.90 Å². The second-order valence-electron chi connectivity index (χ2n) is 2.06. The first-order chi connectivity index (χ1) is 5.65. The van der Waals surface area contributed by atoms with E-state index in [1.54, 1.807) is 12.1 Å². The summed E-state index contributed by atoms with van der Waals surface area (Å²) < 4.78 is 0.734. The largest absolute Gasteiger partial charge is 0.478 e. The van der Waals surface area contributed by atoms with Gasteiger partial charge in [0.1, 0.15) is 0 Å². The zero-order chi connectivity index (χ0) is 9.14. The van der Waals surface area contributed by atoms with Crippen LogP contribution in [0.5, 0.6) is 0 Å². The number of nitrogens with two attached hydrogens (primary N) is 1. The molecule has 0 aromatic heterocycles. The first kappa shape index (κ1) is 9.57. The molecule has 0 saturated carbocycles. The highest BCUT2D eigenvalue weighted by molar-refractivity contribution is 9.10. The maximum Gasteiger partial charge on any atom is 0.336 e. The Balaban J connectivity index is 3.21. The van der Waals surface area contributed by atoms with Crippen LogP contribution >= 0.6 is 27.9 Å². The van der Waals surface area contributed by atoms with Gasteiger partial charge in [0.15, 0.2) is 0 Å². The van der Waals surface area contributed by atoms with E-state index in [1.807, 2.05) is 0 Å². The van der Waals surface area contributed by atoms with Crippen LogP contribution in [0.1, 0.15) is 10.4 Å². The van der Waals surface area contributed by atoms with E-state index in [2.05, 4.69) is 15.9 Å². The van der Waals surface area contributed by atoms with Crippen molar-refractivity contribution in [3.05, 3.63) is 28.2 Å². The van der Waals surface area contributed by atoms with Crippen LogP contribution in [0.3, 0.4) is 0 Å². The van der Waals surface area contributed by atoms with E-state index in [-0.39, 0.29) is 5.56 Å². The normalized spacial score (nSPS) is 9.83. The molecule has 0 atom stereocenters. The molecule has 12 heavy (non-hydrogen) atoms. The fraction of sp³-hybridized carbons (Fsp3) is 0. The van der Waals surface area contributed by atoms with Gasteiger partial charge in [0.05, 0.1) is 5.56 Å². The van der Waals surface area contributed by atoms with Gasteiger partial charge in [-0.3, -0.25) is 5.14 Å². The Labute approximate surface area is 82.2 Å². The van der Waals surface area contributed by atoms with E-state index in [0.717, 1.165) is 16.4 Å². The standard InChI is InChI=1S/C7H6BrNO2S/c8-4-1-2-6(12-9)5(3-4)7(10)11/h1-3H,9H2,(H,10,11). The van der Waals surface area contributed by atoms with Gasteiger partial charge in [-0.15, -0.1) is 0 Å². The van der Waals surface area contributed by atoms with Gasteiger partial charge >= 0.3 is 5.97 Å². The summed E-state index contributed by atoms with van der Waals surface area (Å²) in [5, 5.41) is 14.0.